The van der Waals surface area contributed by atoms with Gasteiger partial charge in [-0.15, -0.1) is 15.7 Å². The summed E-state index contributed by atoms with van der Waals surface area (Å²) in [6, 6.07) is 4.75. The molecule has 0 bridgehead atoms. The minimum atomic E-state index is -4.76. The molecule has 0 saturated carbocycles. The van der Waals surface area contributed by atoms with Crippen LogP contribution in [0.3, 0.4) is 0 Å². The highest BCUT2D eigenvalue weighted by atomic mass is 32.2. The van der Waals surface area contributed by atoms with Gasteiger partial charge in [0.05, 0.1) is 16.0 Å². The molecule has 4 N–H and O–H groups in total. The van der Waals surface area contributed by atoms with Crippen LogP contribution in [0.4, 0.5) is 4.39 Å². The molecular weight excluding hydrogens is 505 g/mol. The van der Waals surface area contributed by atoms with Gasteiger partial charge in [0.2, 0.25) is 15.8 Å². The smallest absolute Gasteiger partial charge is 0.240 e. The lowest BCUT2D eigenvalue weighted by Gasteiger charge is -2.16. The van der Waals surface area contributed by atoms with Gasteiger partial charge < -0.3 is 0 Å². The molecule has 0 spiro atoms. The maximum Gasteiger partial charge on any atom is 0.240 e. The Labute approximate surface area is 195 Å². The van der Waals surface area contributed by atoms with E-state index in [2.05, 4.69) is 46.1 Å². The molecule has 4 aromatic rings. The number of hydrogen-bond acceptors (Lipinski definition) is 9. The van der Waals surface area contributed by atoms with E-state index in [1.54, 1.807) is 6.92 Å². The summed E-state index contributed by atoms with van der Waals surface area (Å²) in [5.74, 6) is -1.94. The van der Waals surface area contributed by atoms with Crippen LogP contribution in [-0.4, -0.2) is 59.6 Å². The average Bonchev–Trinajstić information content (AvgIpc) is 3.45. The molecule has 2 heterocycles. The molecule has 0 aliphatic carbocycles. The van der Waals surface area contributed by atoms with Crippen LogP contribution >= 0.6 is 0 Å². The zero-order valence-corrected chi connectivity index (χ0v) is 19.2. The highest BCUT2D eigenvalue weighted by molar-refractivity contribution is 7.94. The van der Waals surface area contributed by atoms with Crippen LogP contribution in [0.15, 0.2) is 44.4 Å². The molecule has 0 amide bonds. The summed E-state index contributed by atoms with van der Waals surface area (Å²) < 4.78 is 66.5. The molecule has 0 atom stereocenters. The number of hydrogen-bond donors (Lipinski definition) is 3. The molecule has 180 valence electrons. The number of aryl methyl sites for hydroxylation is 1. The predicted octanol–water partition coefficient (Wildman–Crippen LogP) is 1.57. The third kappa shape index (κ3) is 4.45. The van der Waals surface area contributed by atoms with Crippen molar-refractivity contribution in [3.8, 4) is 22.5 Å². The lowest BCUT2D eigenvalue weighted by molar-refractivity contribution is 0.586. The van der Waals surface area contributed by atoms with E-state index in [9.17, 15) is 16.8 Å². The first-order valence-corrected chi connectivity index (χ1v) is 12.6. The van der Waals surface area contributed by atoms with Gasteiger partial charge in [-0.25, -0.2) is 26.4 Å². The average molecular weight is 520 g/mol. The van der Waals surface area contributed by atoms with Gasteiger partial charge in [-0.2, -0.15) is 15.2 Å². The van der Waals surface area contributed by atoms with Crippen molar-refractivity contribution in [3.05, 3.63) is 46.2 Å². The number of fused-ring (bicyclic) bond motifs is 1. The van der Waals surface area contributed by atoms with E-state index in [1.807, 2.05) is 0 Å². The molecule has 4 rings (SSSR count). The Balaban J connectivity index is 2.09. The molecule has 0 fully saturated rings. The fourth-order valence-corrected chi connectivity index (χ4v) is 6.12. The molecule has 2 aromatic heterocycles. The fraction of sp³-hybridized carbons (Fsp3) is 0.118. The second-order valence-electron chi connectivity index (χ2n) is 7.05. The van der Waals surface area contributed by atoms with Crippen molar-refractivity contribution in [2.24, 2.45) is 15.5 Å². The molecule has 0 unspecified atom stereocenters. The van der Waals surface area contributed by atoms with Crippen molar-refractivity contribution in [1.82, 2.24) is 30.8 Å². The number of nitrogens with two attached hydrogens (primary N) is 1. The first kappa shape index (κ1) is 23.9. The number of azide groups is 1. The van der Waals surface area contributed by atoms with E-state index in [1.165, 1.54) is 12.1 Å². The third-order valence-corrected chi connectivity index (χ3v) is 7.62. The van der Waals surface area contributed by atoms with Crippen molar-refractivity contribution in [2.75, 3.05) is 5.75 Å². The highest BCUT2D eigenvalue weighted by Gasteiger charge is 2.32. The molecule has 0 aliphatic rings. The Bertz CT molecular complexity index is 1740. The van der Waals surface area contributed by atoms with E-state index in [0.29, 0.717) is 16.6 Å². The van der Waals surface area contributed by atoms with Crippen LogP contribution < -0.4 is 5.14 Å². The summed E-state index contributed by atoms with van der Waals surface area (Å²) >= 11 is 0. The van der Waals surface area contributed by atoms with E-state index < -0.39 is 41.2 Å². The number of halogens is 1. The van der Waals surface area contributed by atoms with Gasteiger partial charge in [-0.1, -0.05) is 6.07 Å². The number of aromatic amines is 2. The molecule has 18 heteroatoms. The van der Waals surface area contributed by atoms with Crippen LogP contribution in [0.2, 0.25) is 0 Å². The summed E-state index contributed by atoms with van der Waals surface area (Å²) in [5.41, 5.74) is 8.70. The standard InChI is InChI=1S/C17H14FN11O4S2/c1-8-10-6-11(12(18)7-13(10)23-22-8)9-2-3-14(34(30,31)5-4-21-27-26-19)16(35(20,32)33)15(9)17-24-28-29-25-17/h2-4,6-7H,5H2,1H3,(H,22,23)(H2,20,32,33)(H,24,25,28,29)/b21-4+. The quantitative estimate of drug-likeness (QED) is 0.106. The summed E-state index contributed by atoms with van der Waals surface area (Å²) in [6.07, 6.45) is 0.777. The molecule has 15 nitrogen and oxygen atoms in total. The van der Waals surface area contributed by atoms with Crippen molar-refractivity contribution < 1.29 is 21.2 Å². The number of H-pyrrole nitrogens is 2. The van der Waals surface area contributed by atoms with E-state index >= 15 is 4.39 Å². The van der Waals surface area contributed by atoms with Crippen molar-refractivity contribution in [2.45, 2.75) is 16.7 Å². The van der Waals surface area contributed by atoms with Gasteiger partial charge in [-0.3, -0.25) is 5.10 Å². The minimum Gasteiger partial charge on any atom is -0.282 e. The summed E-state index contributed by atoms with van der Waals surface area (Å²) in [6.45, 7) is 1.71. The summed E-state index contributed by atoms with van der Waals surface area (Å²) in [4.78, 5) is 0.782. The van der Waals surface area contributed by atoms with E-state index in [4.69, 9.17) is 10.7 Å². The van der Waals surface area contributed by atoms with Crippen molar-refractivity contribution >= 4 is 37.0 Å². The van der Waals surface area contributed by atoms with Gasteiger partial charge in [0.25, 0.3) is 0 Å². The fourth-order valence-electron chi connectivity index (χ4n) is 3.45. The lowest BCUT2D eigenvalue weighted by atomic mass is 9.97. The van der Waals surface area contributed by atoms with Gasteiger partial charge in [0.15, 0.2) is 9.84 Å². The number of sulfone groups is 1. The van der Waals surface area contributed by atoms with Crippen LogP contribution in [0.1, 0.15) is 5.69 Å². The maximum absolute atomic E-state index is 15.2. The molecular formula is C17H14FN11O4S2. The number of nitrogens with zero attached hydrogens (tertiary/aromatic N) is 8. The van der Waals surface area contributed by atoms with Crippen LogP contribution in [-0.2, 0) is 19.9 Å². The number of rotatable bonds is 7. The van der Waals surface area contributed by atoms with Gasteiger partial charge >= 0.3 is 0 Å². The normalized spacial score (nSPS) is 12.3. The molecule has 2 aromatic carbocycles. The van der Waals surface area contributed by atoms with Crippen molar-refractivity contribution in [3.63, 3.8) is 0 Å². The Morgan fingerprint density at radius 3 is 2.63 bits per heavy atom. The Hall–Kier alpha value is -4.25. The largest absolute Gasteiger partial charge is 0.282 e. The summed E-state index contributed by atoms with van der Waals surface area (Å²) in [7, 11) is -9.16. The minimum absolute atomic E-state index is 0.0582. The lowest BCUT2D eigenvalue weighted by Crippen LogP contribution is -2.20. The number of tetrazole rings is 1. The number of aromatic nitrogens is 6. The Morgan fingerprint density at radius 1 is 1.20 bits per heavy atom. The monoisotopic (exact) mass is 519 g/mol. The molecule has 0 saturated heterocycles. The van der Waals surface area contributed by atoms with Crippen LogP contribution in [0.25, 0.3) is 43.9 Å². The SMILES string of the molecule is Cc1[nH]nc2cc(F)c(-c3ccc(S(=O)(=O)C/C=N/N=[N+]=[N-])c(S(N)(=O)=O)c3-c3nn[nH]n3)cc12. The second-order valence-corrected chi connectivity index (χ2v) is 10.6. The summed E-state index contributed by atoms with van der Waals surface area (Å²) in [5, 5.41) is 31.8. The van der Waals surface area contributed by atoms with Gasteiger partial charge in [-0.05, 0) is 34.9 Å². The van der Waals surface area contributed by atoms with E-state index in [-0.39, 0.29) is 22.5 Å². The zero-order chi connectivity index (χ0) is 25.4. The Kier molecular flexibility index (Phi) is 6.03. The first-order valence-electron chi connectivity index (χ1n) is 9.41. The number of benzene rings is 2. The Morgan fingerprint density at radius 2 is 1.97 bits per heavy atom. The maximum atomic E-state index is 15.2. The van der Waals surface area contributed by atoms with Crippen LogP contribution in [0.5, 0.6) is 0 Å². The highest BCUT2D eigenvalue weighted by Crippen LogP contribution is 2.40. The first-order chi connectivity index (χ1) is 16.5. The topological polar surface area (TPSA) is 239 Å². The van der Waals surface area contributed by atoms with Crippen LogP contribution in [0, 0.1) is 12.7 Å². The van der Waals surface area contributed by atoms with Crippen molar-refractivity contribution in [1.29, 1.82) is 0 Å². The molecule has 35 heavy (non-hydrogen) atoms. The molecule has 0 aliphatic heterocycles. The zero-order valence-electron chi connectivity index (χ0n) is 17.6. The number of nitrogens with one attached hydrogen (secondary N) is 2. The van der Waals surface area contributed by atoms with Gasteiger partial charge in [0.1, 0.15) is 22.7 Å². The predicted molar refractivity (Wildman–Crippen MR) is 120 cm³/mol. The number of primary sulfonamides is 1. The third-order valence-electron chi connectivity index (χ3n) is 4.90. The number of sulfonamides is 1. The second kappa shape index (κ2) is 8.84. The molecule has 0 radical (unpaired) electrons. The van der Waals surface area contributed by atoms with Gasteiger partial charge in [0, 0.05) is 27.9 Å². The van der Waals surface area contributed by atoms with E-state index in [0.717, 1.165) is 18.3 Å².